The Bertz CT molecular complexity index is 1120. The number of alkyl halides is 6. The first-order chi connectivity index (χ1) is 13.3. The van der Waals surface area contributed by atoms with Gasteiger partial charge >= 0.3 is 12.4 Å². The van der Waals surface area contributed by atoms with E-state index in [2.05, 4.69) is 10.1 Å². The van der Waals surface area contributed by atoms with Crippen molar-refractivity contribution in [1.29, 1.82) is 0 Å². The van der Waals surface area contributed by atoms with Crippen molar-refractivity contribution in [2.75, 3.05) is 7.05 Å². The molecule has 1 unspecified atom stereocenters. The lowest BCUT2D eigenvalue weighted by Gasteiger charge is -2.29. The summed E-state index contributed by atoms with van der Waals surface area (Å²) in [5, 5.41) is 3.15. The Morgan fingerprint density at radius 1 is 1.03 bits per heavy atom. The summed E-state index contributed by atoms with van der Waals surface area (Å²) in [6, 6.07) is 2.27. The second-order valence-corrected chi connectivity index (χ2v) is 7.92. The number of nitrogens with zero attached hydrogens (tertiary/aromatic N) is 4. The van der Waals surface area contributed by atoms with Crippen molar-refractivity contribution in [1.82, 2.24) is 18.9 Å². The molecule has 3 rings (SSSR count). The molecular formula is C16H12F6N4O2S. The zero-order chi connectivity index (χ0) is 21.6. The van der Waals surface area contributed by atoms with Gasteiger partial charge in [0.2, 0.25) is 0 Å². The van der Waals surface area contributed by atoms with Crippen molar-refractivity contribution in [3.63, 3.8) is 0 Å². The lowest BCUT2D eigenvalue weighted by Crippen LogP contribution is -2.40. The molecule has 0 N–H and O–H groups in total. The number of fused-ring (bicyclic) bond motifs is 1. The molecule has 0 spiro atoms. The van der Waals surface area contributed by atoms with Gasteiger partial charge in [0.1, 0.15) is 6.04 Å². The predicted octanol–water partition coefficient (Wildman–Crippen LogP) is 3.67. The van der Waals surface area contributed by atoms with Crippen LogP contribution in [0.1, 0.15) is 17.2 Å². The number of halogens is 6. The molecule has 0 aliphatic heterocycles. The molecule has 29 heavy (non-hydrogen) atoms. The van der Waals surface area contributed by atoms with E-state index in [0.717, 1.165) is 10.7 Å². The molecule has 6 nitrogen and oxygen atoms in total. The summed E-state index contributed by atoms with van der Waals surface area (Å²) >= 11 is 0. The van der Waals surface area contributed by atoms with E-state index >= 15 is 0 Å². The van der Waals surface area contributed by atoms with E-state index < -0.39 is 44.6 Å². The van der Waals surface area contributed by atoms with Crippen molar-refractivity contribution in [3.8, 4) is 0 Å². The summed E-state index contributed by atoms with van der Waals surface area (Å²) in [6.45, 7) is 0. The third-order valence-electron chi connectivity index (χ3n) is 4.12. The number of hydrogen-bond donors (Lipinski definition) is 0. The van der Waals surface area contributed by atoms with Crippen LogP contribution < -0.4 is 0 Å². The van der Waals surface area contributed by atoms with Gasteiger partial charge in [0, 0.05) is 13.2 Å². The quantitative estimate of drug-likeness (QED) is 0.583. The Balaban J connectivity index is 2.07. The second-order valence-electron chi connectivity index (χ2n) is 5.98. The van der Waals surface area contributed by atoms with E-state index in [1.54, 1.807) is 0 Å². The van der Waals surface area contributed by atoms with Crippen LogP contribution in [0.4, 0.5) is 26.3 Å². The highest BCUT2D eigenvalue weighted by Gasteiger charge is 2.48. The van der Waals surface area contributed by atoms with Gasteiger partial charge in [0.25, 0.3) is 10.0 Å². The Morgan fingerprint density at radius 3 is 2.21 bits per heavy atom. The van der Waals surface area contributed by atoms with Gasteiger partial charge in [-0.25, -0.2) is 17.9 Å². The average Bonchev–Trinajstić information content (AvgIpc) is 3.05. The van der Waals surface area contributed by atoms with Gasteiger partial charge < -0.3 is 0 Å². The third kappa shape index (κ3) is 3.92. The van der Waals surface area contributed by atoms with Gasteiger partial charge in [0.15, 0.2) is 10.7 Å². The summed E-state index contributed by atoms with van der Waals surface area (Å²) in [5.41, 5.74) is -1.73. The molecule has 0 fully saturated rings. The number of imidazole rings is 1. The number of sulfonamides is 1. The summed E-state index contributed by atoms with van der Waals surface area (Å²) < 4.78 is 106. The van der Waals surface area contributed by atoms with E-state index in [1.165, 1.54) is 18.3 Å². The largest absolute Gasteiger partial charge is 0.416 e. The van der Waals surface area contributed by atoms with Gasteiger partial charge in [-0.1, -0.05) is 12.1 Å². The molecule has 2 heterocycles. The van der Waals surface area contributed by atoms with Crippen LogP contribution in [0.3, 0.4) is 0 Å². The highest BCUT2D eigenvalue weighted by Crippen LogP contribution is 2.40. The molecule has 156 valence electrons. The van der Waals surface area contributed by atoms with Crippen LogP contribution in [0, 0.1) is 0 Å². The maximum absolute atomic E-state index is 13.7. The summed E-state index contributed by atoms with van der Waals surface area (Å²) in [7, 11) is -4.07. The molecule has 0 saturated heterocycles. The molecule has 1 aromatic carbocycles. The van der Waals surface area contributed by atoms with Gasteiger partial charge in [0.05, 0.1) is 11.8 Å². The smallest absolute Gasteiger partial charge is 0.234 e. The molecule has 0 amide bonds. The predicted molar refractivity (Wildman–Crippen MR) is 88.2 cm³/mol. The van der Waals surface area contributed by atoms with Crippen LogP contribution >= 0.6 is 0 Å². The molecule has 0 aliphatic rings. The Hall–Kier alpha value is -2.67. The number of aromatic nitrogens is 3. The minimum Gasteiger partial charge on any atom is -0.234 e. The maximum Gasteiger partial charge on any atom is 0.416 e. The topological polar surface area (TPSA) is 67.6 Å². The zero-order valence-corrected chi connectivity index (χ0v) is 15.3. The fraction of sp³-hybridized carbons (Fsp3) is 0.250. The van der Waals surface area contributed by atoms with Crippen molar-refractivity contribution >= 4 is 15.7 Å². The summed E-state index contributed by atoms with van der Waals surface area (Å²) in [4.78, 5) is 3.79. The fourth-order valence-corrected chi connectivity index (χ4v) is 4.09. The van der Waals surface area contributed by atoms with Crippen molar-refractivity contribution in [2.24, 2.45) is 0 Å². The molecule has 0 saturated carbocycles. The van der Waals surface area contributed by atoms with Crippen molar-refractivity contribution < 1.29 is 34.8 Å². The molecular weight excluding hydrogens is 426 g/mol. The first-order valence-electron chi connectivity index (χ1n) is 7.84. The van der Waals surface area contributed by atoms with Gasteiger partial charge in [-0.2, -0.15) is 35.7 Å². The third-order valence-corrected chi connectivity index (χ3v) is 5.89. The van der Waals surface area contributed by atoms with E-state index in [1.807, 2.05) is 0 Å². The maximum atomic E-state index is 13.7. The summed E-state index contributed by atoms with van der Waals surface area (Å²) in [6.07, 6.45) is -7.76. The molecule has 3 aromatic rings. The number of rotatable bonds is 4. The van der Waals surface area contributed by atoms with Crippen molar-refractivity contribution in [2.45, 2.75) is 23.4 Å². The monoisotopic (exact) mass is 438 g/mol. The Labute approximate surface area is 160 Å². The SMILES string of the molecule is CN(C(c1ccc(C(F)(F)F)cc1)C(F)(F)F)S(=O)(=O)c1cnc2cccnn12. The second kappa shape index (κ2) is 6.99. The Morgan fingerprint density at radius 2 is 1.66 bits per heavy atom. The van der Waals surface area contributed by atoms with Crippen LogP contribution in [-0.2, 0) is 16.2 Å². The van der Waals surface area contributed by atoms with Crippen molar-refractivity contribution in [3.05, 3.63) is 59.9 Å². The minimum absolute atomic E-state index is 0.0354. The van der Waals surface area contributed by atoms with E-state index in [-0.39, 0.29) is 9.95 Å². The van der Waals surface area contributed by atoms with Crippen LogP contribution in [0.2, 0.25) is 0 Å². The van der Waals surface area contributed by atoms with E-state index in [0.29, 0.717) is 31.3 Å². The van der Waals surface area contributed by atoms with Gasteiger partial charge in [-0.3, -0.25) is 0 Å². The van der Waals surface area contributed by atoms with Crippen LogP contribution in [0.5, 0.6) is 0 Å². The normalized spacial score (nSPS) is 14.5. The highest BCUT2D eigenvalue weighted by molar-refractivity contribution is 7.89. The van der Waals surface area contributed by atoms with Crippen LogP contribution in [-0.4, -0.2) is 40.5 Å². The lowest BCUT2D eigenvalue weighted by molar-refractivity contribution is -0.171. The molecule has 2 aromatic heterocycles. The molecule has 0 bridgehead atoms. The van der Waals surface area contributed by atoms with Crippen LogP contribution in [0.25, 0.3) is 5.65 Å². The highest BCUT2D eigenvalue weighted by atomic mass is 32.2. The van der Waals surface area contributed by atoms with E-state index in [9.17, 15) is 34.8 Å². The Kier molecular flexibility index (Phi) is 5.07. The fourth-order valence-electron chi connectivity index (χ4n) is 2.73. The molecule has 0 aliphatic carbocycles. The van der Waals surface area contributed by atoms with Gasteiger partial charge in [-0.05, 0) is 29.8 Å². The zero-order valence-electron chi connectivity index (χ0n) is 14.5. The summed E-state index contributed by atoms with van der Waals surface area (Å²) in [5.74, 6) is 0. The van der Waals surface area contributed by atoms with Gasteiger partial charge in [-0.15, -0.1) is 0 Å². The first kappa shape index (κ1) is 21.0. The molecule has 1 atom stereocenters. The lowest BCUT2D eigenvalue weighted by atomic mass is 10.0. The average molecular weight is 438 g/mol. The van der Waals surface area contributed by atoms with Crippen LogP contribution in [0.15, 0.2) is 53.8 Å². The first-order valence-corrected chi connectivity index (χ1v) is 9.28. The standard InChI is InChI=1S/C16H12F6N4O2S/c1-25(29(27,28)13-9-23-12-3-2-8-24-26(12)13)14(16(20,21)22)10-4-6-11(7-5-10)15(17,18)19/h2-9,14H,1H3. The number of benzene rings is 1. The number of hydrogen-bond acceptors (Lipinski definition) is 4. The molecule has 0 radical (unpaired) electrons. The van der Waals surface area contributed by atoms with E-state index in [4.69, 9.17) is 0 Å². The molecule has 13 heteroatoms. The minimum atomic E-state index is -5.10.